The Kier molecular flexibility index (Phi) is 4.53. The van der Waals surface area contributed by atoms with Gasteiger partial charge in [0.15, 0.2) is 5.82 Å². The van der Waals surface area contributed by atoms with Crippen LogP contribution < -0.4 is 11.1 Å². The molecule has 0 aliphatic rings. The lowest BCUT2D eigenvalue weighted by atomic mass is 10.1. The number of amides is 1. The quantitative estimate of drug-likeness (QED) is 0.521. The van der Waals surface area contributed by atoms with E-state index in [1.807, 2.05) is 37.3 Å². The highest BCUT2D eigenvalue weighted by Gasteiger charge is 2.12. The van der Waals surface area contributed by atoms with Crippen LogP contribution in [0.2, 0.25) is 0 Å². The first-order chi connectivity index (χ1) is 13.5. The van der Waals surface area contributed by atoms with E-state index in [1.54, 1.807) is 35.0 Å². The summed E-state index contributed by atoms with van der Waals surface area (Å²) in [6.45, 7) is 2.41. The summed E-state index contributed by atoms with van der Waals surface area (Å²) >= 11 is 0. The molecule has 140 valence electrons. The number of para-hydroxylation sites is 2. The number of halogens is 1. The number of benzene rings is 3. The molecular weight excluding hydrogens is 355 g/mol. The topological polar surface area (TPSA) is 72.9 Å². The molecule has 6 heteroatoms. The fraction of sp³-hybridized carbons (Fsp3) is 0.0909. The van der Waals surface area contributed by atoms with E-state index in [2.05, 4.69) is 10.4 Å². The van der Waals surface area contributed by atoms with E-state index < -0.39 is 0 Å². The second-order valence-corrected chi connectivity index (χ2v) is 6.62. The summed E-state index contributed by atoms with van der Waals surface area (Å²) in [6.07, 6.45) is 0. The highest BCUT2D eigenvalue weighted by molar-refractivity contribution is 6.05. The summed E-state index contributed by atoms with van der Waals surface area (Å²) in [6, 6.07) is 19.3. The highest BCUT2D eigenvalue weighted by Crippen LogP contribution is 2.22. The lowest BCUT2D eigenvalue weighted by molar-refractivity contribution is 0.102. The van der Waals surface area contributed by atoms with Crippen LogP contribution in [0.3, 0.4) is 0 Å². The lowest BCUT2D eigenvalue weighted by Crippen LogP contribution is -2.13. The summed E-state index contributed by atoms with van der Waals surface area (Å²) in [4.78, 5) is 12.4. The molecule has 3 aromatic carbocycles. The summed E-state index contributed by atoms with van der Waals surface area (Å²) in [5.41, 5.74) is 9.72. The van der Waals surface area contributed by atoms with Crippen LogP contribution >= 0.6 is 0 Å². The molecule has 0 aliphatic carbocycles. The van der Waals surface area contributed by atoms with Crippen molar-refractivity contribution in [2.75, 3.05) is 11.1 Å². The molecule has 1 aromatic heterocycles. The molecular formula is C22H19FN4O. The number of hydrogen-bond donors (Lipinski definition) is 2. The van der Waals surface area contributed by atoms with Crippen LogP contribution in [0.15, 0.2) is 66.7 Å². The van der Waals surface area contributed by atoms with E-state index >= 15 is 0 Å². The van der Waals surface area contributed by atoms with Gasteiger partial charge >= 0.3 is 0 Å². The Morgan fingerprint density at radius 3 is 2.54 bits per heavy atom. The molecule has 5 nitrogen and oxygen atoms in total. The van der Waals surface area contributed by atoms with Crippen LogP contribution in [0.1, 0.15) is 21.6 Å². The van der Waals surface area contributed by atoms with Gasteiger partial charge in [0.1, 0.15) is 5.52 Å². The molecule has 0 aliphatic heterocycles. The van der Waals surface area contributed by atoms with E-state index in [1.165, 1.54) is 6.07 Å². The Labute approximate surface area is 161 Å². The zero-order valence-electron chi connectivity index (χ0n) is 15.3. The van der Waals surface area contributed by atoms with Crippen molar-refractivity contribution in [2.24, 2.45) is 0 Å². The van der Waals surface area contributed by atoms with E-state index in [0.29, 0.717) is 29.0 Å². The molecule has 1 heterocycles. The third-order valence-corrected chi connectivity index (χ3v) is 4.74. The molecule has 4 rings (SSSR count). The minimum absolute atomic E-state index is 0.229. The van der Waals surface area contributed by atoms with Gasteiger partial charge in [-0.3, -0.25) is 9.48 Å². The molecule has 28 heavy (non-hydrogen) atoms. The largest absolute Gasteiger partial charge is 0.397 e. The number of nitrogen functional groups attached to an aromatic ring is 1. The lowest BCUT2D eigenvalue weighted by Gasteiger charge is -2.09. The molecule has 0 fully saturated rings. The number of hydrogen-bond acceptors (Lipinski definition) is 3. The number of carbonyl (C=O) groups is 1. The summed E-state index contributed by atoms with van der Waals surface area (Å²) < 4.78 is 15.7. The Morgan fingerprint density at radius 1 is 1.07 bits per heavy atom. The molecule has 0 unspecified atom stereocenters. The molecule has 3 N–H and O–H groups in total. The second-order valence-electron chi connectivity index (χ2n) is 6.62. The normalized spacial score (nSPS) is 10.9. The maximum absolute atomic E-state index is 13.9. The van der Waals surface area contributed by atoms with E-state index in [-0.39, 0.29) is 11.7 Å². The molecule has 0 atom stereocenters. The molecule has 0 radical (unpaired) electrons. The Bertz CT molecular complexity index is 1170. The van der Waals surface area contributed by atoms with Gasteiger partial charge < -0.3 is 11.1 Å². The smallest absolute Gasteiger partial charge is 0.255 e. The van der Waals surface area contributed by atoms with Crippen molar-refractivity contribution >= 4 is 28.2 Å². The van der Waals surface area contributed by atoms with Crippen LogP contribution in [0, 0.1) is 12.7 Å². The van der Waals surface area contributed by atoms with Crippen molar-refractivity contribution in [3.05, 3.63) is 89.4 Å². The molecule has 4 aromatic rings. The van der Waals surface area contributed by atoms with E-state index in [9.17, 15) is 9.18 Å². The number of nitrogens with two attached hydrogens (primary N) is 1. The zero-order chi connectivity index (χ0) is 19.7. The van der Waals surface area contributed by atoms with Gasteiger partial charge in [0.05, 0.1) is 17.9 Å². The minimum Gasteiger partial charge on any atom is -0.397 e. The van der Waals surface area contributed by atoms with Crippen molar-refractivity contribution in [3.63, 3.8) is 0 Å². The van der Waals surface area contributed by atoms with Crippen molar-refractivity contribution < 1.29 is 9.18 Å². The number of anilines is 2. The number of aryl methyl sites for hydroxylation is 1. The van der Waals surface area contributed by atoms with Gasteiger partial charge in [-0.15, -0.1) is 0 Å². The van der Waals surface area contributed by atoms with Gasteiger partial charge in [0.25, 0.3) is 5.91 Å². The standard InChI is InChI=1S/C22H19FN4O/c1-14-17-5-4-6-18(23)21(17)26-27(14)13-15-9-11-16(12-10-15)22(28)25-20-8-3-2-7-19(20)24/h2-12H,13,24H2,1H3,(H,25,28). The molecule has 0 saturated carbocycles. The number of carbonyl (C=O) groups excluding carboxylic acids is 1. The fourth-order valence-corrected chi connectivity index (χ4v) is 3.14. The Hall–Kier alpha value is -3.67. The van der Waals surface area contributed by atoms with Crippen LogP contribution in [-0.4, -0.2) is 15.7 Å². The molecule has 0 spiro atoms. The zero-order valence-corrected chi connectivity index (χ0v) is 15.3. The molecule has 1 amide bonds. The number of aromatic nitrogens is 2. The van der Waals surface area contributed by atoms with E-state index in [0.717, 1.165) is 16.6 Å². The number of fused-ring (bicyclic) bond motifs is 1. The van der Waals surface area contributed by atoms with Crippen molar-refractivity contribution in [1.82, 2.24) is 9.78 Å². The van der Waals surface area contributed by atoms with Crippen molar-refractivity contribution in [2.45, 2.75) is 13.5 Å². The predicted molar refractivity (Wildman–Crippen MR) is 109 cm³/mol. The van der Waals surface area contributed by atoms with Crippen LogP contribution in [0.5, 0.6) is 0 Å². The van der Waals surface area contributed by atoms with Crippen molar-refractivity contribution in [1.29, 1.82) is 0 Å². The summed E-state index contributed by atoms with van der Waals surface area (Å²) in [7, 11) is 0. The van der Waals surface area contributed by atoms with Gasteiger partial charge in [0, 0.05) is 16.6 Å². The first-order valence-corrected chi connectivity index (χ1v) is 8.89. The predicted octanol–water partition coefficient (Wildman–Crippen LogP) is 4.37. The first-order valence-electron chi connectivity index (χ1n) is 8.89. The third kappa shape index (κ3) is 3.32. The van der Waals surface area contributed by atoms with Gasteiger partial charge in [0.2, 0.25) is 0 Å². The first kappa shape index (κ1) is 17.7. The van der Waals surface area contributed by atoms with Gasteiger partial charge in [-0.2, -0.15) is 5.10 Å². The van der Waals surface area contributed by atoms with Crippen LogP contribution in [0.25, 0.3) is 10.9 Å². The minimum atomic E-state index is -0.327. The number of nitrogens with one attached hydrogen (secondary N) is 1. The average Bonchev–Trinajstić information content (AvgIpc) is 3.01. The van der Waals surface area contributed by atoms with Gasteiger partial charge in [-0.05, 0) is 42.8 Å². The van der Waals surface area contributed by atoms with E-state index in [4.69, 9.17) is 5.73 Å². The maximum atomic E-state index is 13.9. The monoisotopic (exact) mass is 374 g/mol. The number of nitrogens with zero attached hydrogens (tertiary/aromatic N) is 2. The Balaban J connectivity index is 1.52. The summed E-state index contributed by atoms with van der Waals surface area (Å²) in [5.74, 6) is -0.556. The third-order valence-electron chi connectivity index (χ3n) is 4.74. The van der Waals surface area contributed by atoms with Gasteiger partial charge in [-0.25, -0.2) is 4.39 Å². The second kappa shape index (κ2) is 7.15. The SMILES string of the molecule is Cc1c2cccc(F)c2nn1Cc1ccc(C(=O)Nc2ccccc2N)cc1. The van der Waals surface area contributed by atoms with Crippen LogP contribution in [-0.2, 0) is 6.54 Å². The summed E-state index contributed by atoms with van der Waals surface area (Å²) in [5, 5.41) is 7.99. The average molecular weight is 374 g/mol. The Morgan fingerprint density at radius 2 is 1.82 bits per heavy atom. The number of rotatable bonds is 4. The fourth-order valence-electron chi connectivity index (χ4n) is 3.14. The molecule has 0 saturated heterocycles. The van der Waals surface area contributed by atoms with Crippen LogP contribution in [0.4, 0.5) is 15.8 Å². The highest BCUT2D eigenvalue weighted by atomic mass is 19.1. The van der Waals surface area contributed by atoms with Crippen molar-refractivity contribution in [3.8, 4) is 0 Å². The maximum Gasteiger partial charge on any atom is 0.255 e. The molecule has 0 bridgehead atoms. The van der Waals surface area contributed by atoms with Gasteiger partial charge in [-0.1, -0.05) is 36.4 Å².